The maximum atomic E-state index is 11.6. The molecule has 94 valence electrons. The molecule has 0 aromatic heterocycles. The van der Waals surface area contributed by atoms with Crippen molar-refractivity contribution in [1.82, 2.24) is 0 Å². The monoisotopic (exact) mass is 235 g/mol. The Labute approximate surface area is 103 Å². The van der Waals surface area contributed by atoms with Crippen LogP contribution in [-0.4, -0.2) is 19.1 Å². The van der Waals surface area contributed by atoms with E-state index < -0.39 is 0 Å². The number of aryl methyl sites for hydroxylation is 1. The topological polar surface area (TPSA) is 38.3 Å². The average molecular weight is 235 g/mol. The van der Waals surface area contributed by atoms with E-state index in [9.17, 15) is 4.79 Å². The number of rotatable bonds is 6. The van der Waals surface area contributed by atoms with E-state index >= 15 is 0 Å². The van der Waals surface area contributed by atoms with Gasteiger partial charge in [-0.05, 0) is 31.0 Å². The molecule has 3 nitrogen and oxygen atoms in total. The Kier molecular flexibility index (Phi) is 5.53. The highest BCUT2D eigenvalue weighted by atomic mass is 16.5. The number of esters is 1. The normalized spacial score (nSPS) is 11.9. The average Bonchev–Trinajstić information content (AvgIpc) is 2.33. The SMILES string of the molecule is CCCCC(Nc1cccc(C)c1)C(=O)OC. The Bertz CT molecular complexity index is 363. The zero-order chi connectivity index (χ0) is 12.7. The van der Waals surface area contributed by atoms with Crippen LogP contribution in [0, 0.1) is 6.92 Å². The molecule has 0 heterocycles. The lowest BCUT2D eigenvalue weighted by Crippen LogP contribution is -2.30. The van der Waals surface area contributed by atoms with Gasteiger partial charge in [-0.2, -0.15) is 0 Å². The van der Waals surface area contributed by atoms with Crippen molar-refractivity contribution in [3.8, 4) is 0 Å². The Morgan fingerprint density at radius 2 is 2.24 bits per heavy atom. The fraction of sp³-hybridized carbons (Fsp3) is 0.500. The summed E-state index contributed by atoms with van der Waals surface area (Å²) < 4.78 is 4.81. The van der Waals surface area contributed by atoms with Gasteiger partial charge in [-0.1, -0.05) is 31.9 Å². The van der Waals surface area contributed by atoms with Crippen LogP contribution in [0.5, 0.6) is 0 Å². The lowest BCUT2D eigenvalue weighted by Gasteiger charge is -2.17. The quantitative estimate of drug-likeness (QED) is 0.770. The molecule has 17 heavy (non-hydrogen) atoms. The molecule has 1 aromatic carbocycles. The van der Waals surface area contributed by atoms with E-state index in [0.717, 1.165) is 24.9 Å². The highest BCUT2D eigenvalue weighted by Crippen LogP contribution is 2.14. The van der Waals surface area contributed by atoms with Crippen molar-refractivity contribution in [3.05, 3.63) is 29.8 Å². The van der Waals surface area contributed by atoms with Crippen LogP contribution in [-0.2, 0) is 9.53 Å². The molecule has 1 N–H and O–H groups in total. The smallest absolute Gasteiger partial charge is 0.328 e. The van der Waals surface area contributed by atoms with Crippen molar-refractivity contribution in [2.45, 2.75) is 39.2 Å². The van der Waals surface area contributed by atoms with Gasteiger partial charge in [0.25, 0.3) is 0 Å². The maximum absolute atomic E-state index is 11.6. The second-order valence-electron chi connectivity index (χ2n) is 4.23. The number of methoxy groups -OCH3 is 1. The number of hydrogen-bond donors (Lipinski definition) is 1. The summed E-state index contributed by atoms with van der Waals surface area (Å²) in [7, 11) is 1.43. The van der Waals surface area contributed by atoms with Crippen LogP contribution in [0.4, 0.5) is 5.69 Å². The predicted molar refractivity (Wildman–Crippen MR) is 70.1 cm³/mol. The Hall–Kier alpha value is -1.51. The van der Waals surface area contributed by atoms with E-state index in [2.05, 4.69) is 12.2 Å². The number of carbonyl (C=O) groups is 1. The first-order valence-corrected chi connectivity index (χ1v) is 6.08. The number of anilines is 1. The van der Waals surface area contributed by atoms with Gasteiger partial charge in [-0.25, -0.2) is 4.79 Å². The summed E-state index contributed by atoms with van der Waals surface area (Å²) in [6, 6.07) is 7.76. The molecule has 0 bridgehead atoms. The molecule has 0 spiro atoms. The summed E-state index contributed by atoms with van der Waals surface area (Å²) in [5.41, 5.74) is 2.14. The highest BCUT2D eigenvalue weighted by Gasteiger charge is 2.17. The molecule has 0 aliphatic carbocycles. The van der Waals surface area contributed by atoms with Crippen LogP contribution < -0.4 is 5.32 Å². The van der Waals surface area contributed by atoms with E-state index in [0.29, 0.717) is 0 Å². The number of hydrogen-bond acceptors (Lipinski definition) is 3. The fourth-order valence-corrected chi connectivity index (χ4v) is 1.74. The molecule has 1 aromatic rings. The van der Waals surface area contributed by atoms with E-state index in [-0.39, 0.29) is 12.0 Å². The van der Waals surface area contributed by atoms with Crippen LogP contribution in [0.1, 0.15) is 31.7 Å². The van der Waals surface area contributed by atoms with Crippen LogP contribution in [0.3, 0.4) is 0 Å². The molecule has 1 rings (SSSR count). The zero-order valence-corrected chi connectivity index (χ0v) is 10.8. The van der Waals surface area contributed by atoms with Gasteiger partial charge in [0.2, 0.25) is 0 Å². The molecular weight excluding hydrogens is 214 g/mol. The second-order valence-corrected chi connectivity index (χ2v) is 4.23. The van der Waals surface area contributed by atoms with Gasteiger partial charge in [0.15, 0.2) is 0 Å². The predicted octanol–water partition coefficient (Wildman–Crippen LogP) is 3.14. The van der Waals surface area contributed by atoms with Crippen LogP contribution >= 0.6 is 0 Å². The standard InChI is InChI=1S/C14H21NO2/c1-4-5-9-13(14(16)17-3)15-12-8-6-7-11(2)10-12/h6-8,10,13,15H,4-5,9H2,1-3H3. The summed E-state index contributed by atoms with van der Waals surface area (Å²) in [6.45, 7) is 4.14. The van der Waals surface area contributed by atoms with Gasteiger partial charge in [0.05, 0.1) is 7.11 Å². The van der Waals surface area contributed by atoms with Crippen molar-refractivity contribution in [1.29, 1.82) is 0 Å². The third-order valence-electron chi connectivity index (χ3n) is 2.69. The first-order chi connectivity index (χ1) is 8.17. The molecule has 1 atom stereocenters. The molecule has 0 radical (unpaired) electrons. The van der Waals surface area contributed by atoms with Crippen molar-refractivity contribution < 1.29 is 9.53 Å². The first kappa shape index (κ1) is 13.6. The summed E-state index contributed by atoms with van der Waals surface area (Å²) in [5.74, 6) is -0.194. The van der Waals surface area contributed by atoms with Gasteiger partial charge >= 0.3 is 5.97 Å². The van der Waals surface area contributed by atoms with Gasteiger partial charge < -0.3 is 10.1 Å². The van der Waals surface area contributed by atoms with Crippen LogP contribution in [0.15, 0.2) is 24.3 Å². The molecule has 0 saturated heterocycles. The largest absolute Gasteiger partial charge is 0.467 e. The van der Waals surface area contributed by atoms with Crippen LogP contribution in [0.25, 0.3) is 0 Å². The number of carbonyl (C=O) groups excluding carboxylic acids is 1. The van der Waals surface area contributed by atoms with Gasteiger partial charge in [-0.3, -0.25) is 0 Å². The zero-order valence-electron chi connectivity index (χ0n) is 10.8. The van der Waals surface area contributed by atoms with Crippen molar-refractivity contribution >= 4 is 11.7 Å². The molecule has 0 aliphatic heterocycles. The fourth-order valence-electron chi connectivity index (χ4n) is 1.74. The number of benzene rings is 1. The molecule has 1 unspecified atom stereocenters. The van der Waals surface area contributed by atoms with Crippen molar-refractivity contribution in [3.63, 3.8) is 0 Å². The molecule has 0 saturated carbocycles. The minimum Gasteiger partial charge on any atom is -0.467 e. The van der Waals surface area contributed by atoms with Gasteiger partial charge in [0.1, 0.15) is 6.04 Å². The number of nitrogens with one attached hydrogen (secondary N) is 1. The second kappa shape index (κ2) is 6.94. The van der Waals surface area contributed by atoms with Gasteiger partial charge in [-0.15, -0.1) is 0 Å². The first-order valence-electron chi connectivity index (χ1n) is 6.08. The highest BCUT2D eigenvalue weighted by molar-refractivity contribution is 5.79. The Morgan fingerprint density at radius 3 is 2.82 bits per heavy atom. The van der Waals surface area contributed by atoms with Gasteiger partial charge in [0, 0.05) is 5.69 Å². The summed E-state index contributed by atoms with van der Waals surface area (Å²) >= 11 is 0. The minimum atomic E-state index is -0.248. The Balaban J connectivity index is 2.68. The summed E-state index contributed by atoms with van der Waals surface area (Å²) in [4.78, 5) is 11.6. The van der Waals surface area contributed by atoms with Crippen LogP contribution in [0.2, 0.25) is 0 Å². The third-order valence-corrected chi connectivity index (χ3v) is 2.69. The lowest BCUT2D eigenvalue weighted by atomic mass is 10.1. The molecular formula is C14H21NO2. The molecule has 3 heteroatoms. The third kappa shape index (κ3) is 4.47. The summed E-state index contributed by atoms with van der Waals surface area (Å²) in [6.07, 6.45) is 2.89. The van der Waals surface area contributed by atoms with E-state index in [1.165, 1.54) is 12.7 Å². The maximum Gasteiger partial charge on any atom is 0.328 e. The van der Waals surface area contributed by atoms with E-state index in [1.54, 1.807) is 0 Å². The molecule has 0 aliphatic rings. The Morgan fingerprint density at radius 1 is 1.47 bits per heavy atom. The van der Waals surface area contributed by atoms with E-state index in [4.69, 9.17) is 4.74 Å². The summed E-state index contributed by atoms with van der Waals surface area (Å²) in [5, 5.41) is 3.23. The number of unbranched alkanes of at least 4 members (excludes halogenated alkanes) is 1. The molecule has 0 amide bonds. The van der Waals surface area contributed by atoms with E-state index in [1.807, 2.05) is 31.2 Å². The van der Waals surface area contributed by atoms with Crippen molar-refractivity contribution in [2.75, 3.05) is 12.4 Å². The number of ether oxygens (including phenoxy) is 1. The van der Waals surface area contributed by atoms with Crippen molar-refractivity contribution in [2.24, 2.45) is 0 Å². The minimum absolute atomic E-state index is 0.194. The lowest BCUT2D eigenvalue weighted by molar-refractivity contribution is -0.141. The molecule has 0 fully saturated rings.